The van der Waals surface area contributed by atoms with Gasteiger partial charge in [0.1, 0.15) is 5.82 Å². The van der Waals surface area contributed by atoms with Crippen LogP contribution in [0.5, 0.6) is 0 Å². The second kappa shape index (κ2) is 7.53. The average molecular weight is 410 g/mol. The van der Waals surface area contributed by atoms with Crippen molar-refractivity contribution in [3.05, 3.63) is 78.8 Å². The van der Waals surface area contributed by atoms with Crippen LogP contribution in [0.2, 0.25) is 0 Å². The lowest BCUT2D eigenvalue weighted by Gasteiger charge is -2.30. The number of hydrogen-bond acceptors (Lipinski definition) is 6. The van der Waals surface area contributed by atoms with Crippen molar-refractivity contribution in [1.29, 1.82) is 0 Å². The predicted molar refractivity (Wildman–Crippen MR) is 108 cm³/mol. The summed E-state index contributed by atoms with van der Waals surface area (Å²) in [6.45, 7) is 0.661. The Bertz CT molecular complexity index is 1190. The summed E-state index contributed by atoms with van der Waals surface area (Å²) in [5, 5.41) is 10.5. The summed E-state index contributed by atoms with van der Waals surface area (Å²) < 4.78 is 27.3. The summed E-state index contributed by atoms with van der Waals surface area (Å²) in [6.07, 6.45) is 4.48. The van der Waals surface area contributed by atoms with E-state index in [4.69, 9.17) is 5.21 Å². The van der Waals surface area contributed by atoms with E-state index in [0.29, 0.717) is 12.4 Å². The summed E-state index contributed by atoms with van der Waals surface area (Å²) in [5.41, 5.74) is 1.77. The maximum atomic E-state index is 13.0. The number of carbonyl (C=O) groups is 1. The molecule has 0 saturated carbocycles. The van der Waals surface area contributed by atoms with Gasteiger partial charge in [-0.2, -0.15) is 0 Å². The Morgan fingerprint density at radius 2 is 1.79 bits per heavy atom. The lowest BCUT2D eigenvalue weighted by molar-refractivity contribution is 0.0706. The smallest absolute Gasteiger partial charge is 0.276 e. The number of nitrogens with zero attached hydrogens (tertiary/aromatic N) is 3. The molecule has 1 aliphatic heterocycles. The lowest BCUT2D eigenvalue weighted by Crippen LogP contribution is -2.38. The second-order valence-corrected chi connectivity index (χ2v) is 8.35. The van der Waals surface area contributed by atoms with Crippen LogP contribution in [0.15, 0.2) is 78.1 Å². The van der Waals surface area contributed by atoms with Gasteiger partial charge in [0.2, 0.25) is 0 Å². The Labute approximate surface area is 167 Å². The highest BCUT2D eigenvalue weighted by molar-refractivity contribution is 7.89. The third-order valence-corrected chi connectivity index (χ3v) is 6.48. The van der Waals surface area contributed by atoms with Crippen molar-refractivity contribution < 1.29 is 18.4 Å². The molecule has 1 amide bonds. The van der Waals surface area contributed by atoms with E-state index in [0.717, 1.165) is 10.8 Å². The summed E-state index contributed by atoms with van der Waals surface area (Å²) in [6, 6.07) is 15.9. The van der Waals surface area contributed by atoms with Crippen LogP contribution in [0.25, 0.3) is 10.8 Å². The first-order valence-corrected chi connectivity index (χ1v) is 10.3. The Hall–Kier alpha value is -3.43. The standard InChI is InChI=1S/C20H18N4O4S/c25-20(22-26)17-6-8-19(21-14-17)23-9-11-24(12-10-23)29(27,28)18-7-5-15-3-1-2-4-16(15)13-18/h1-9,11,13-14,26H,10,12H2,(H,22,25). The summed E-state index contributed by atoms with van der Waals surface area (Å²) >= 11 is 0. The van der Waals surface area contributed by atoms with Crippen LogP contribution in [0, 0.1) is 0 Å². The van der Waals surface area contributed by atoms with Gasteiger partial charge in [0.05, 0.1) is 17.0 Å². The minimum Gasteiger partial charge on any atom is -0.330 e. The Balaban J connectivity index is 1.54. The quantitative estimate of drug-likeness (QED) is 0.506. The van der Waals surface area contributed by atoms with Crippen molar-refractivity contribution in [2.75, 3.05) is 18.0 Å². The zero-order chi connectivity index (χ0) is 20.4. The molecule has 0 radical (unpaired) electrons. The van der Waals surface area contributed by atoms with E-state index in [2.05, 4.69) is 4.98 Å². The van der Waals surface area contributed by atoms with Crippen LogP contribution in [0.4, 0.5) is 5.82 Å². The number of carbonyl (C=O) groups excluding carboxylic acids is 1. The number of amides is 1. The number of nitrogens with one attached hydrogen (secondary N) is 1. The zero-order valence-corrected chi connectivity index (χ0v) is 16.1. The van der Waals surface area contributed by atoms with E-state index < -0.39 is 15.9 Å². The molecular weight excluding hydrogens is 392 g/mol. The molecule has 0 saturated heterocycles. The van der Waals surface area contributed by atoms with Crippen molar-refractivity contribution in [3.63, 3.8) is 0 Å². The topological polar surface area (TPSA) is 103 Å². The molecule has 1 aliphatic rings. The largest absolute Gasteiger partial charge is 0.330 e. The third-order valence-electron chi connectivity index (χ3n) is 4.71. The van der Waals surface area contributed by atoms with Gasteiger partial charge in [0.25, 0.3) is 15.9 Å². The monoisotopic (exact) mass is 410 g/mol. The molecule has 9 heteroatoms. The fourth-order valence-electron chi connectivity index (χ4n) is 3.12. The van der Waals surface area contributed by atoms with Crippen molar-refractivity contribution >= 4 is 32.5 Å². The molecule has 2 aromatic carbocycles. The maximum Gasteiger partial charge on any atom is 0.276 e. The van der Waals surface area contributed by atoms with Gasteiger partial charge >= 0.3 is 0 Å². The molecule has 2 heterocycles. The van der Waals surface area contributed by atoms with Gasteiger partial charge in [-0.25, -0.2) is 18.9 Å². The number of anilines is 1. The molecule has 4 rings (SSSR count). The molecular formula is C20H18N4O4S. The summed E-state index contributed by atoms with van der Waals surface area (Å²) in [5.74, 6) is -0.0793. The predicted octanol–water partition coefficient (Wildman–Crippen LogP) is 2.34. The van der Waals surface area contributed by atoms with Gasteiger partial charge in [-0.3, -0.25) is 14.3 Å². The number of aromatic nitrogens is 1. The van der Waals surface area contributed by atoms with E-state index in [-0.39, 0.29) is 17.0 Å². The van der Waals surface area contributed by atoms with E-state index in [1.165, 1.54) is 22.8 Å². The van der Waals surface area contributed by atoms with Crippen molar-refractivity contribution in [1.82, 2.24) is 14.8 Å². The fourth-order valence-corrected chi connectivity index (χ4v) is 4.44. The molecule has 0 aliphatic carbocycles. The van der Waals surface area contributed by atoms with Gasteiger partial charge in [0.15, 0.2) is 0 Å². The zero-order valence-electron chi connectivity index (χ0n) is 15.3. The molecule has 1 aromatic heterocycles. The molecule has 148 valence electrons. The average Bonchev–Trinajstić information content (AvgIpc) is 2.78. The molecule has 8 nitrogen and oxygen atoms in total. The molecule has 0 atom stereocenters. The van der Waals surface area contributed by atoms with Crippen LogP contribution in [-0.4, -0.2) is 41.9 Å². The fraction of sp³-hybridized carbons (Fsp3) is 0.100. The van der Waals surface area contributed by atoms with Crippen molar-refractivity contribution in [2.45, 2.75) is 4.90 Å². The minimum atomic E-state index is -3.66. The van der Waals surface area contributed by atoms with Crippen LogP contribution >= 0.6 is 0 Å². The first kappa shape index (κ1) is 18.9. The molecule has 29 heavy (non-hydrogen) atoms. The number of sulfonamides is 1. The number of hydrogen-bond donors (Lipinski definition) is 2. The number of hydroxylamine groups is 1. The second-order valence-electron chi connectivity index (χ2n) is 6.46. The summed E-state index contributed by atoms with van der Waals surface area (Å²) in [4.78, 5) is 17.6. The number of benzene rings is 2. The number of pyridine rings is 1. The maximum absolute atomic E-state index is 13.0. The van der Waals surface area contributed by atoms with Gasteiger partial charge < -0.3 is 4.90 Å². The molecule has 0 unspecified atom stereocenters. The minimum absolute atomic E-state index is 0.220. The SMILES string of the molecule is O=C(NO)c1ccc(N2C=CN(S(=O)(=O)c3ccc4ccccc4c3)CC2)nc1. The Kier molecular flexibility index (Phi) is 4.91. The Morgan fingerprint density at radius 1 is 1.00 bits per heavy atom. The lowest BCUT2D eigenvalue weighted by atomic mass is 10.1. The van der Waals surface area contributed by atoms with E-state index in [1.807, 2.05) is 24.3 Å². The first-order valence-electron chi connectivity index (χ1n) is 8.85. The molecule has 0 spiro atoms. The van der Waals surface area contributed by atoms with Gasteiger partial charge in [-0.15, -0.1) is 0 Å². The highest BCUT2D eigenvalue weighted by Crippen LogP contribution is 2.24. The summed E-state index contributed by atoms with van der Waals surface area (Å²) in [7, 11) is -3.66. The van der Waals surface area contributed by atoms with E-state index >= 15 is 0 Å². The number of fused-ring (bicyclic) bond motifs is 1. The van der Waals surface area contributed by atoms with Gasteiger partial charge in [0, 0.05) is 25.1 Å². The third kappa shape index (κ3) is 3.65. The van der Waals surface area contributed by atoms with Crippen LogP contribution in [0.3, 0.4) is 0 Å². The molecule has 0 fully saturated rings. The van der Waals surface area contributed by atoms with Crippen molar-refractivity contribution in [2.24, 2.45) is 0 Å². The molecule has 2 N–H and O–H groups in total. The van der Waals surface area contributed by atoms with E-state index in [9.17, 15) is 13.2 Å². The highest BCUT2D eigenvalue weighted by Gasteiger charge is 2.25. The van der Waals surface area contributed by atoms with Crippen LogP contribution in [-0.2, 0) is 10.0 Å². The van der Waals surface area contributed by atoms with Crippen LogP contribution < -0.4 is 10.4 Å². The molecule has 0 bridgehead atoms. The number of rotatable bonds is 4. The van der Waals surface area contributed by atoms with Crippen LogP contribution in [0.1, 0.15) is 10.4 Å². The van der Waals surface area contributed by atoms with Gasteiger partial charge in [-0.1, -0.05) is 30.3 Å². The normalized spacial score (nSPS) is 14.2. The molecule has 3 aromatic rings. The van der Waals surface area contributed by atoms with Gasteiger partial charge in [-0.05, 0) is 35.0 Å². The van der Waals surface area contributed by atoms with Crippen molar-refractivity contribution in [3.8, 4) is 0 Å². The highest BCUT2D eigenvalue weighted by atomic mass is 32.2. The first-order chi connectivity index (χ1) is 14.0. The Morgan fingerprint density at radius 3 is 2.45 bits per heavy atom. The van der Waals surface area contributed by atoms with E-state index in [1.54, 1.807) is 40.8 Å².